The molecule has 0 spiro atoms. The number of amides is 6. The van der Waals surface area contributed by atoms with E-state index < -0.39 is 65.5 Å². The molecule has 340 valence electrons. The fourth-order valence-corrected chi connectivity index (χ4v) is 8.00. The Kier molecular flexibility index (Phi) is 16.7. The van der Waals surface area contributed by atoms with Crippen molar-refractivity contribution in [2.24, 2.45) is 17.5 Å². The number of nitrogens with zero attached hydrogens (tertiary/aromatic N) is 2. The standard InChI is InChI=1S/C49H58N10O6/c1-3-22-58-23-12-11-21-41(45(50)61)55-47(63)34(26-33-15-5-4-6-16-33)29-44(60)42(27-35-30-52-39-19-9-7-17-37(35)39)56-46(62)32(2)54-48(64)43(57-49(65)59(51)25-14-13-24-58)28-36-31-53-40-20-10-8-18-38(36)40/h3-10,15-20,30-32,34,41-43,52-53H,1,11-12,21-29,51H2,2H3,(H2,50,61)(H,54,64)(H,55,63)(H,56,62)(H,57,65)/t32-,34-,41-,42-,43+/m0/s1. The lowest BCUT2D eigenvalue weighted by Gasteiger charge is -2.26. The Labute approximate surface area is 378 Å². The first-order chi connectivity index (χ1) is 31.4. The maximum Gasteiger partial charge on any atom is 0.333 e. The van der Waals surface area contributed by atoms with E-state index in [0.29, 0.717) is 32.5 Å². The Morgan fingerprint density at radius 2 is 1.35 bits per heavy atom. The lowest BCUT2D eigenvalue weighted by molar-refractivity contribution is -0.134. The van der Waals surface area contributed by atoms with Gasteiger partial charge in [0.15, 0.2) is 5.78 Å². The summed E-state index contributed by atoms with van der Waals surface area (Å²) in [6.45, 7) is 6.62. The van der Waals surface area contributed by atoms with Crippen LogP contribution in [0.3, 0.4) is 0 Å². The Morgan fingerprint density at radius 3 is 2.00 bits per heavy atom. The number of carbonyl (C=O) groups excluding carboxylic acids is 6. The van der Waals surface area contributed by atoms with Gasteiger partial charge in [0, 0.05) is 65.9 Å². The number of fused-ring (bicyclic) bond motifs is 2. The molecule has 6 amide bonds. The molecule has 16 heteroatoms. The van der Waals surface area contributed by atoms with E-state index in [2.05, 4.69) is 49.7 Å². The van der Waals surface area contributed by atoms with Crippen molar-refractivity contribution >= 4 is 57.2 Å². The van der Waals surface area contributed by atoms with E-state index in [1.54, 1.807) is 18.5 Å². The average Bonchev–Trinajstić information content (AvgIpc) is 3.91. The lowest BCUT2D eigenvalue weighted by Crippen LogP contribution is -2.57. The van der Waals surface area contributed by atoms with Crippen LogP contribution in [0.5, 0.6) is 0 Å². The third-order valence-corrected chi connectivity index (χ3v) is 11.6. The van der Waals surface area contributed by atoms with Crippen molar-refractivity contribution in [1.82, 2.24) is 41.1 Å². The number of ketones is 1. The number of nitrogens with one attached hydrogen (secondary N) is 6. The molecule has 65 heavy (non-hydrogen) atoms. The van der Waals surface area contributed by atoms with Gasteiger partial charge in [-0.25, -0.2) is 10.6 Å². The molecule has 0 bridgehead atoms. The van der Waals surface area contributed by atoms with E-state index >= 15 is 0 Å². The minimum absolute atomic E-state index is 0.0507. The van der Waals surface area contributed by atoms with Gasteiger partial charge in [-0.05, 0) is 68.0 Å². The van der Waals surface area contributed by atoms with Crippen molar-refractivity contribution in [2.75, 3.05) is 26.2 Å². The smallest absolute Gasteiger partial charge is 0.333 e. The van der Waals surface area contributed by atoms with E-state index in [1.165, 1.54) is 6.92 Å². The van der Waals surface area contributed by atoms with Gasteiger partial charge < -0.3 is 37.0 Å². The summed E-state index contributed by atoms with van der Waals surface area (Å²) in [5.41, 5.74) is 9.79. The molecule has 0 unspecified atom stereocenters. The highest BCUT2D eigenvalue weighted by Gasteiger charge is 2.33. The number of primary amides is 1. The third-order valence-electron chi connectivity index (χ3n) is 11.6. The lowest BCUT2D eigenvalue weighted by atomic mass is 9.89. The number of benzene rings is 3. The van der Waals surface area contributed by atoms with Gasteiger partial charge >= 0.3 is 6.03 Å². The van der Waals surface area contributed by atoms with Gasteiger partial charge in [0.2, 0.25) is 23.6 Å². The first kappa shape index (κ1) is 47.3. The monoisotopic (exact) mass is 882 g/mol. The van der Waals surface area contributed by atoms with Gasteiger partial charge in [0.05, 0.1) is 19.1 Å². The Bertz CT molecular complexity index is 2540. The molecule has 0 fully saturated rings. The van der Waals surface area contributed by atoms with E-state index in [1.807, 2.05) is 83.8 Å². The minimum atomic E-state index is -1.18. The van der Waals surface area contributed by atoms with Crippen LogP contribution in [-0.4, -0.2) is 106 Å². The number of hydrazine groups is 1. The molecular weight excluding hydrogens is 825 g/mol. The zero-order chi connectivity index (χ0) is 46.3. The minimum Gasteiger partial charge on any atom is -0.368 e. The predicted octanol–water partition coefficient (Wildman–Crippen LogP) is 3.14. The predicted molar refractivity (Wildman–Crippen MR) is 249 cm³/mol. The zero-order valence-electron chi connectivity index (χ0n) is 36.6. The molecule has 1 aliphatic rings. The van der Waals surface area contributed by atoms with Crippen LogP contribution in [0, 0.1) is 17.8 Å². The summed E-state index contributed by atoms with van der Waals surface area (Å²) in [7, 11) is 0. The molecule has 3 heterocycles. The first-order valence-electron chi connectivity index (χ1n) is 21.9. The first-order valence-corrected chi connectivity index (χ1v) is 21.9. The van der Waals surface area contributed by atoms with Crippen LogP contribution in [0.2, 0.25) is 0 Å². The van der Waals surface area contributed by atoms with Crippen LogP contribution in [0.15, 0.2) is 104 Å². The van der Waals surface area contributed by atoms with Crippen LogP contribution in [0.1, 0.15) is 49.3 Å². The summed E-state index contributed by atoms with van der Waals surface area (Å²) in [4.78, 5) is 91.7. The fraction of sp³-hybridized carbons (Fsp3) is 0.347. The third kappa shape index (κ3) is 13.2. The van der Waals surface area contributed by atoms with Crippen molar-refractivity contribution < 1.29 is 28.8 Å². The number of nitrogens with two attached hydrogens (primary N) is 2. The molecule has 10 N–H and O–H groups in total. The van der Waals surface area contributed by atoms with Crippen LogP contribution in [0.25, 0.3) is 21.8 Å². The molecule has 1 aliphatic heterocycles. The zero-order valence-corrected chi connectivity index (χ0v) is 36.6. The highest BCUT2D eigenvalue weighted by Crippen LogP contribution is 2.23. The van der Waals surface area contributed by atoms with Crippen molar-refractivity contribution in [3.63, 3.8) is 0 Å². The van der Waals surface area contributed by atoms with Crippen molar-refractivity contribution in [2.45, 2.75) is 76.0 Å². The molecule has 0 aliphatic carbocycles. The largest absolute Gasteiger partial charge is 0.368 e. The van der Waals surface area contributed by atoms with Gasteiger partial charge in [0.25, 0.3) is 0 Å². The van der Waals surface area contributed by atoms with Crippen LogP contribution < -0.4 is 32.8 Å². The molecule has 0 radical (unpaired) electrons. The second-order valence-corrected chi connectivity index (χ2v) is 16.4. The maximum atomic E-state index is 14.6. The summed E-state index contributed by atoms with van der Waals surface area (Å²) in [5, 5.41) is 13.7. The molecule has 5 atom stereocenters. The number of para-hydroxylation sites is 2. The van der Waals surface area contributed by atoms with Gasteiger partial charge in [-0.1, -0.05) is 84.6 Å². The molecule has 0 saturated heterocycles. The van der Waals surface area contributed by atoms with Crippen molar-refractivity contribution in [3.8, 4) is 11.8 Å². The average molecular weight is 883 g/mol. The summed E-state index contributed by atoms with van der Waals surface area (Å²) in [6, 6.07) is 19.1. The van der Waals surface area contributed by atoms with E-state index in [0.717, 1.165) is 43.5 Å². The second kappa shape index (κ2) is 22.9. The quantitative estimate of drug-likeness (QED) is 0.0473. The number of urea groups is 1. The number of rotatable bonds is 9. The van der Waals surface area contributed by atoms with Crippen LogP contribution in [-0.2, 0) is 43.2 Å². The van der Waals surface area contributed by atoms with Gasteiger partial charge in [-0.2, -0.15) is 0 Å². The Balaban J connectivity index is 1.32. The summed E-state index contributed by atoms with van der Waals surface area (Å²) >= 11 is 0. The van der Waals surface area contributed by atoms with Gasteiger partial charge in [0.1, 0.15) is 18.1 Å². The molecular formula is C49H58N10O6. The van der Waals surface area contributed by atoms with E-state index in [-0.39, 0.29) is 38.6 Å². The summed E-state index contributed by atoms with van der Waals surface area (Å²) in [6.07, 6.45) is 6.73. The number of aromatic amines is 2. The number of Topliss-reactive ketones (excluding diaryl/α,β-unsaturated/α-hetero) is 1. The number of hydrogen-bond donors (Lipinski definition) is 8. The Hall–Kier alpha value is -7.22. The molecule has 6 rings (SSSR count). The van der Waals surface area contributed by atoms with Crippen molar-refractivity contribution in [3.05, 3.63) is 121 Å². The molecule has 0 saturated carbocycles. The van der Waals surface area contributed by atoms with Crippen LogP contribution >= 0.6 is 0 Å². The van der Waals surface area contributed by atoms with E-state index in [9.17, 15) is 28.8 Å². The van der Waals surface area contributed by atoms with Gasteiger partial charge in [-0.3, -0.25) is 33.9 Å². The number of carbonyl (C=O) groups is 6. The number of aromatic nitrogens is 2. The normalized spacial score (nSPS) is 21.8. The van der Waals surface area contributed by atoms with Crippen LogP contribution in [0.4, 0.5) is 4.79 Å². The molecule has 3 aromatic carbocycles. The summed E-state index contributed by atoms with van der Waals surface area (Å²) in [5.74, 6) is 8.20. The number of H-pyrrole nitrogens is 2. The molecule has 16 nitrogen and oxygen atoms in total. The highest BCUT2D eigenvalue weighted by atomic mass is 16.2. The van der Waals surface area contributed by atoms with Gasteiger partial charge in [-0.15, -0.1) is 6.58 Å². The highest BCUT2D eigenvalue weighted by molar-refractivity contribution is 5.97. The second-order valence-electron chi connectivity index (χ2n) is 16.4. The SMILES string of the molecule is C=CCN1CC#CCN(N)C(=O)N[C@H](Cc2c[nH]c3ccccc23)C(=O)N[C@@H](C)C(=O)N[C@@H](Cc2c[nH]c3ccccc23)C(=O)C[C@H](Cc2ccccc2)C(=O)N[C@H](C(N)=O)CCCC1. The topological polar surface area (TPSA) is 241 Å². The maximum absolute atomic E-state index is 14.6. The van der Waals surface area contributed by atoms with Crippen molar-refractivity contribution in [1.29, 1.82) is 0 Å². The fourth-order valence-electron chi connectivity index (χ4n) is 8.00. The molecule has 2 aromatic heterocycles. The summed E-state index contributed by atoms with van der Waals surface area (Å²) < 4.78 is 0. The Morgan fingerprint density at radius 1 is 0.738 bits per heavy atom. The number of hydrogen-bond acceptors (Lipinski definition) is 8. The molecule has 5 aromatic rings. The van der Waals surface area contributed by atoms with E-state index in [4.69, 9.17) is 11.6 Å².